The van der Waals surface area contributed by atoms with E-state index in [1.807, 2.05) is 0 Å². The quantitative estimate of drug-likeness (QED) is 0.792. The van der Waals surface area contributed by atoms with E-state index in [1.165, 1.54) is 12.8 Å². The first-order valence-corrected chi connectivity index (χ1v) is 7.58. The molecule has 2 saturated carbocycles. The molecule has 4 atom stereocenters. The molecule has 0 aromatic heterocycles. The summed E-state index contributed by atoms with van der Waals surface area (Å²) < 4.78 is 5.54. The molecule has 3 fully saturated rings. The molecule has 4 unspecified atom stereocenters. The number of carbonyl (C=O) groups is 1. The summed E-state index contributed by atoms with van der Waals surface area (Å²) in [5.74, 6) is 0.829. The minimum absolute atomic E-state index is 0.0711. The Balaban J connectivity index is 1.66. The van der Waals surface area contributed by atoms with Crippen LogP contribution in [-0.4, -0.2) is 37.7 Å². The fraction of sp³-hybridized carbons (Fsp3) is 0.933. The molecule has 1 saturated heterocycles. The molecule has 4 heteroatoms. The summed E-state index contributed by atoms with van der Waals surface area (Å²) in [6.07, 6.45) is 3.38. The highest BCUT2D eigenvalue weighted by atomic mass is 16.5. The van der Waals surface area contributed by atoms with Gasteiger partial charge in [-0.15, -0.1) is 0 Å². The summed E-state index contributed by atoms with van der Waals surface area (Å²) >= 11 is 0. The Kier molecular flexibility index (Phi) is 3.13. The topological polar surface area (TPSA) is 50.4 Å². The lowest BCUT2D eigenvalue weighted by Crippen LogP contribution is -2.54. The monoisotopic (exact) mass is 266 g/mol. The Morgan fingerprint density at radius 3 is 2.68 bits per heavy atom. The first-order valence-electron chi connectivity index (χ1n) is 7.58. The third-order valence-corrected chi connectivity index (χ3v) is 6.33. The third-order valence-electron chi connectivity index (χ3n) is 6.33. The fourth-order valence-corrected chi connectivity index (χ4v) is 4.42. The molecule has 108 valence electrons. The number of nitrogens with one attached hydrogen (secondary N) is 2. The molecular weight excluding hydrogens is 240 g/mol. The normalized spacial score (nSPS) is 44.3. The van der Waals surface area contributed by atoms with Crippen molar-refractivity contribution in [1.29, 1.82) is 0 Å². The van der Waals surface area contributed by atoms with Crippen LogP contribution in [0.15, 0.2) is 0 Å². The molecule has 2 N–H and O–H groups in total. The van der Waals surface area contributed by atoms with E-state index < -0.39 is 0 Å². The van der Waals surface area contributed by atoms with Crippen molar-refractivity contribution in [1.82, 2.24) is 10.6 Å². The number of fused-ring (bicyclic) bond motifs is 2. The minimum atomic E-state index is -0.306. The second-order valence-corrected chi connectivity index (χ2v) is 7.24. The Labute approximate surface area is 115 Å². The van der Waals surface area contributed by atoms with Gasteiger partial charge in [-0.3, -0.25) is 4.79 Å². The summed E-state index contributed by atoms with van der Waals surface area (Å²) in [5.41, 5.74) is 0.589. The van der Waals surface area contributed by atoms with Gasteiger partial charge >= 0.3 is 0 Å². The van der Waals surface area contributed by atoms with Crippen molar-refractivity contribution in [3.05, 3.63) is 0 Å². The second kappa shape index (κ2) is 4.45. The maximum Gasteiger partial charge on any atom is 0.250 e. The lowest BCUT2D eigenvalue weighted by Gasteiger charge is -2.40. The Bertz CT molecular complexity index is 376. The van der Waals surface area contributed by atoms with Crippen molar-refractivity contribution in [2.75, 3.05) is 19.7 Å². The van der Waals surface area contributed by atoms with E-state index in [0.717, 1.165) is 18.9 Å². The van der Waals surface area contributed by atoms with Gasteiger partial charge in [0, 0.05) is 19.1 Å². The molecule has 3 rings (SSSR count). The molecule has 0 radical (unpaired) electrons. The van der Waals surface area contributed by atoms with Gasteiger partial charge in [-0.05, 0) is 36.0 Å². The average molecular weight is 266 g/mol. The Morgan fingerprint density at radius 1 is 1.37 bits per heavy atom. The van der Waals surface area contributed by atoms with Gasteiger partial charge in [-0.1, -0.05) is 20.8 Å². The molecule has 19 heavy (non-hydrogen) atoms. The van der Waals surface area contributed by atoms with E-state index in [9.17, 15) is 4.79 Å². The van der Waals surface area contributed by atoms with Crippen LogP contribution in [0.5, 0.6) is 0 Å². The minimum Gasteiger partial charge on any atom is -0.366 e. The highest BCUT2D eigenvalue weighted by Crippen LogP contribution is 2.65. The smallest absolute Gasteiger partial charge is 0.250 e. The zero-order chi connectivity index (χ0) is 13.7. The van der Waals surface area contributed by atoms with Crippen LogP contribution in [0, 0.1) is 16.7 Å². The van der Waals surface area contributed by atoms with Gasteiger partial charge < -0.3 is 15.4 Å². The van der Waals surface area contributed by atoms with Gasteiger partial charge in [0.1, 0.15) is 6.10 Å². The molecule has 1 heterocycles. The van der Waals surface area contributed by atoms with E-state index >= 15 is 0 Å². The van der Waals surface area contributed by atoms with Gasteiger partial charge in [0.05, 0.1) is 6.61 Å². The molecule has 0 aromatic carbocycles. The van der Waals surface area contributed by atoms with Crippen LogP contribution in [0.4, 0.5) is 0 Å². The summed E-state index contributed by atoms with van der Waals surface area (Å²) in [4.78, 5) is 12.3. The molecule has 1 amide bonds. The van der Waals surface area contributed by atoms with Gasteiger partial charge in [-0.25, -0.2) is 0 Å². The number of amides is 1. The van der Waals surface area contributed by atoms with Crippen molar-refractivity contribution >= 4 is 5.91 Å². The van der Waals surface area contributed by atoms with Crippen molar-refractivity contribution < 1.29 is 9.53 Å². The Morgan fingerprint density at radius 2 is 2.16 bits per heavy atom. The number of morpholine rings is 1. The largest absolute Gasteiger partial charge is 0.366 e. The van der Waals surface area contributed by atoms with E-state index in [0.29, 0.717) is 24.6 Å². The average Bonchev–Trinajstić information content (AvgIpc) is 2.73. The van der Waals surface area contributed by atoms with Gasteiger partial charge in [0.15, 0.2) is 0 Å². The predicted octanol–water partition coefficient (Wildman–Crippen LogP) is 1.31. The maximum atomic E-state index is 12.3. The number of carbonyl (C=O) groups excluding carboxylic acids is 1. The van der Waals surface area contributed by atoms with Crippen molar-refractivity contribution in [3.8, 4) is 0 Å². The third kappa shape index (κ3) is 1.91. The van der Waals surface area contributed by atoms with Crippen LogP contribution in [0.3, 0.4) is 0 Å². The SMILES string of the molecule is CC1(C)C2CCC1(C)C(NC(=O)C1CNCCO1)C2. The van der Waals surface area contributed by atoms with Crippen LogP contribution in [0.2, 0.25) is 0 Å². The second-order valence-electron chi connectivity index (χ2n) is 7.24. The molecule has 1 aliphatic heterocycles. The first-order chi connectivity index (χ1) is 8.95. The summed E-state index contributed by atoms with van der Waals surface area (Å²) in [7, 11) is 0. The lowest BCUT2D eigenvalue weighted by atomic mass is 9.69. The summed E-state index contributed by atoms with van der Waals surface area (Å²) in [6, 6.07) is 0.319. The molecule has 0 aromatic rings. The number of hydrogen-bond donors (Lipinski definition) is 2. The zero-order valence-electron chi connectivity index (χ0n) is 12.3. The summed E-state index contributed by atoms with van der Waals surface area (Å²) in [5, 5.41) is 6.49. The fourth-order valence-electron chi connectivity index (χ4n) is 4.42. The lowest BCUT2D eigenvalue weighted by molar-refractivity contribution is -0.136. The van der Waals surface area contributed by atoms with E-state index in [2.05, 4.69) is 31.4 Å². The van der Waals surface area contributed by atoms with Crippen LogP contribution >= 0.6 is 0 Å². The van der Waals surface area contributed by atoms with E-state index in [-0.39, 0.29) is 17.4 Å². The van der Waals surface area contributed by atoms with Gasteiger partial charge in [-0.2, -0.15) is 0 Å². The van der Waals surface area contributed by atoms with Gasteiger partial charge in [0.25, 0.3) is 5.91 Å². The number of rotatable bonds is 2. The molecule has 4 nitrogen and oxygen atoms in total. The maximum absolute atomic E-state index is 12.3. The van der Waals surface area contributed by atoms with Crippen molar-refractivity contribution in [2.45, 2.75) is 52.2 Å². The Hall–Kier alpha value is -0.610. The number of hydrogen-bond acceptors (Lipinski definition) is 3. The van der Waals surface area contributed by atoms with Gasteiger partial charge in [0.2, 0.25) is 0 Å². The van der Waals surface area contributed by atoms with Crippen LogP contribution in [0.25, 0.3) is 0 Å². The zero-order valence-corrected chi connectivity index (χ0v) is 12.3. The highest BCUT2D eigenvalue weighted by Gasteiger charge is 2.61. The molecule has 2 bridgehead atoms. The van der Waals surface area contributed by atoms with Crippen molar-refractivity contribution in [2.24, 2.45) is 16.7 Å². The predicted molar refractivity (Wildman–Crippen MR) is 73.8 cm³/mol. The molecular formula is C15H26N2O2. The van der Waals surface area contributed by atoms with E-state index in [4.69, 9.17) is 4.74 Å². The van der Waals surface area contributed by atoms with E-state index in [1.54, 1.807) is 0 Å². The standard InChI is InChI=1S/C15H26N2O2/c1-14(2)10-4-5-15(14,3)12(8-10)17-13(18)11-9-16-6-7-19-11/h10-12,16H,4-9H2,1-3H3,(H,17,18). The summed E-state index contributed by atoms with van der Waals surface area (Å²) in [6.45, 7) is 9.21. The molecule has 0 spiro atoms. The van der Waals surface area contributed by atoms with Crippen LogP contribution < -0.4 is 10.6 Å². The van der Waals surface area contributed by atoms with Crippen LogP contribution in [0.1, 0.15) is 40.0 Å². The van der Waals surface area contributed by atoms with Crippen LogP contribution in [-0.2, 0) is 9.53 Å². The molecule has 2 aliphatic carbocycles. The number of ether oxygens (including phenoxy) is 1. The first kappa shape index (κ1) is 13.4. The highest BCUT2D eigenvalue weighted by molar-refractivity contribution is 5.81. The molecule has 3 aliphatic rings. The van der Waals surface area contributed by atoms with Crippen molar-refractivity contribution in [3.63, 3.8) is 0 Å².